The van der Waals surface area contributed by atoms with Crippen molar-refractivity contribution in [2.45, 2.75) is 19.1 Å². The van der Waals surface area contributed by atoms with Gasteiger partial charge in [-0.05, 0) is 13.8 Å². The van der Waals surface area contributed by atoms with Crippen molar-refractivity contribution in [2.75, 3.05) is 0 Å². The third-order valence-electron chi connectivity index (χ3n) is 0.572. The van der Waals surface area contributed by atoms with E-state index in [4.69, 9.17) is 0 Å². The zero-order valence-corrected chi connectivity index (χ0v) is 4.71. The van der Waals surface area contributed by atoms with Crippen molar-refractivity contribution >= 4 is 18.4 Å². The molecule has 0 bridgehead atoms. The molecule has 0 rings (SSSR count). The average Bonchev–Trinajstić information content (AvgIpc) is 1.36. The maximum absolute atomic E-state index is 10.0. The van der Waals surface area contributed by atoms with Crippen LogP contribution in [0.25, 0.3) is 0 Å². The summed E-state index contributed by atoms with van der Waals surface area (Å²) in [7, 11) is 0. The number of rotatable bonds is 1. The molecule has 1 atom stereocenters. The first-order valence-electron chi connectivity index (χ1n) is 1.81. The lowest BCUT2D eigenvalue weighted by atomic mass is 10.3. The van der Waals surface area contributed by atoms with E-state index in [0.29, 0.717) is 0 Å². The van der Waals surface area contributed by atoms with Gasteiger partial charge in [-0.15, -0.1) is 0 Å². The highest BCUT2D eigenvalue weighted by Gasteiger charge is 1.97. The Bertz CT molecular complexity index is 58.6. The van der Waals surface area contributed by atoms with E-state index in [1.54, 1.807) is 6.92 Å². The molecule has 0 aliphatic rings. The van der Waals surface area contributed by atoms with Crippen LogP contribution in [0.4, 0.5) is 0 Å². The Kier molecular flexibility index (Phi) is 2.25. The van der Waals surface area contributed by atoms with Gasteiger partial charge >= 0.3 is 0 Å². The lowest BCUT2D eigenvalue weighted by molar-refractivity contribution is -0.116. The Hall–Kier alpha value is 0.0200. The maximum Gasteiger partial charge on any atom is 0.143 e. The molecule has 0 fully saturated rings. The molecular formula is C4H7OS. The van der Waals surface area contributed by atoms with Crippen molar-refractivity contribution in [3.63, 3.8) is 0 Å². The Labute approximate surface area is 43.2 Å². The van der Waals surface area contributed by atoms with E-state index in [9.17, 15) is 4.79 Å². The summed E-state index contributed by atoms with van der Waals surface area (Å²) < 4.78 is 0. The largest absolute Gasteiger partial charge is 0.299 e. The summed E-state index contributed by atoms with van der Waals surface area (Å²) in [5.74, 6) is 0.0741. The van der Waals surface area contributed by atoms with E-state index in [0.717, 1.165) is 0 Å². The summed E-state index contributed by atoms with van der Waals surface area (Å²) in [5.41, 5.74) is 0. The minimum atomic E-state index is -0.204. The Morgan fingerprint density at radius 2 is 2.00 bits per heavy atom. The van der Waals surface area contributed by atoms with E-state index >= 15 is 0 Å². The lowest BCUT2D eigenvalue weighted by Crippen LogP contribution is -2.02. The molecule has 1 radical (unpaired) electrons. The molecule has 6 heavy (non-hydrogen) atoms. The number of ketones is 1. The molecule has 0 aromatic rings. The highest BCUT2D eigenvalue weighted by molar-refractivity contribution is 7.81. The minimum absolute atomic E-state index is 0.0741. The molecule has 0 aromatic heterocycles. The standard InChI is InChI=1S/C4H7OS/c1-3(5)4(2)6/h4H,1-2H3. The quantitative estimate of drug-likeness (QED) is 0.486. The molecule has 0 heterocycles. The van der Waals surface area contributed by atoms with Crippen LogP contribution in [0.3, 0.4) is 0 Å². The van der Waals surface area contributed by atoms with E-state index < -0.39 is 0 Å². The fraction of sp³-hybridized carbons (Fsp3) is 0.750. The molecule has 0 spiro atoms. The molecule has 2 heteroatoms. The normalized spacial score (nSPS) is 13.8. The number of Topliss-reactive ketones (excluding diaryl/α,β-unsaturated/α-hetero) is 1. The molecule has 0 amide bonds. The Balaban J connectivity index is 3.26. The number of carbonyl (C=O) groups excluding carboxylic acids is 1. The molecule has 0 aliphatic carbocycles. The highest BCUT2D eigenvalue weighted by atomic mass is 32.1. The predicted octanol–water partition coefficient (Wildman–Crippen LogP) is 1.16. The molecule has 35 valence electrons. The predicted molar refractivity (Wildman–Crippen MR) is 27.7 cm³/mol. The van der Waals surface area contributed by atoms with Crippen LogP contribution in [0, 0.1) is 0 Å². The Morgan fingerprint density at radius 1 is 1.83 bits per heavy atom. The second-order valence-electron chi connectivity index (χ2n) is 1.25. The van der Waals surface area contributed by atoms with Gasteiger partial charge < -0.3 is 0 Å². The first-order chi connectivity index (χ1) is 2.64. The molecule has 0 saturated carbocycles. The van der Waals surface area contributed by atoms with E-state index in [2.05, 4.69) is 12.6 Å². The molecule has 0 aliphatic heterocycles. The van der Waals surface area contributed by atoms with E-state index in [1.165, 1.54) is 6.92 Å². The van der Waals surface area contributed by atoms with E-state index in [1.807, 2.05) is 0 Å². The maximum atomic E-state index is 10.0. The first kappa shape index (κ1) is 6.02. The first-order valence-corrected chi connectivity index (χ1v) is 2.28. The van der Waals surface area contributed by atoms with Crippen molar-refractivity contribution in [1.29, 1.82) is 0 Å². The smallest absolute Gasteiger partial charge is 0.143 e. The molecule has 0 aromatic carbocycles. The summed E-state index contributed by atoms with van der Waals surface area (Å²) in [4.78, 5) is 10.0. The van der Waals surface area contributed by atoms with Gasteiger partial charge in [0.1, 0.15) is 5.78 Å². The van der Waals surface area contributed by atoms with Crippen LogP contribution in [0.5, 0.6) is 0 Å². The molecule has 1 nitrogen and oxygen atoms in total. The second kappa shape index (κ2) is 2.24. The van der Waals surface area contributed by atoms with Crippen LogP contribution in [0.2, 0.25) is 0 Å². The van der Waals surface area contributed by atoms with Gasteiger partial charge in [0.15, 0.2) is 0 Å². The third-order valence-corrected chi connectivity index (χ3v) is 0.904. The summed E-state index contributed by atoms with van der Waals surface area (Å²) in [6.07, 6.45) is 0. The van der Waals surface area contributed by atoms with Crippen molar-refractivity contribution in [1.82, 2.24) is 0 Å². The van der Waals surface area contributed by atoms with Gasteiger partial charge in [-0.2, -0.15) is 0 Å². The fourth-order valence-electron chi connectivity index (χ4n) is 0. The zero-order valence-electron chi connectivity index (χ0n) is 3.89. The molecule has 1 unspecified atom stereocenters. The van der Waals surface area contributed by atoms with Crippen LogP contribution < -0.4 is 0 Å². The third kappa shape index (κ3) is 2.27. The van der Waals surface area contributed by atoms with Gasteiger partial charge in [-0.3, -0.25) is 4.79 Å². The van der Waals surface area contributed by atoms with Crippen LogP contribution >= 0.6 is 12.6 Å². The second-order valence-corrected chi connectivity index (χ2v) is 1.96. The topological polar surface area (TPSA) is 17.1 Å². The van der Waals surface area contributed by atoms with Gasteiger partial charge in [0.05, 0.1) is 5.25 Å². The monoisotopic (exact) mass is 103 g/mol. The van der Waals surface area contributed by atoms with E-state index in [-0.39, 0.29) is 11.0 Å². The van der Waals surface area contributed by atoms with Crippen molar-refractivity contribution in [3.8, 4) is 0 Å². The summed E-state index contributed by atoms with van der Waals surface area (Å²) in [6, 6.07) is 0. The van der Waals surface area contributed by atoms with Gasteiger partial charge in [0, 0.05) is 0 Å². The zero-order chi connectivity index (χ0) is 5.15. The average molecular weight is 103 g/mol. The molecular weight excluding hydrogens is 96.1 g/mol. The van der Waals surface area contributed by atoms with Crippen molar-refractivity contribution < 1.29 is 4.79 Å². The summed E-state index contributed by atoms with van der Waals surface area (Å²) in [6.45, 7) is 3.20. The fourth-order valence-corrected chi connectivity index (χ4v) is 0. The van der Waals surface area contributed by atoms with Gasteiger partial charge in [0.25, 0.3) is 0 Å². The number of hydrogen-bond donors (Lipinski definition) is 0. The van der Waals surface area contributed by atoms with Crippen molar-refractivity contribution in [3.05, 3.63) is 0 Å². The van der Waals surface area contributed by atoms with Gasteiger partial charge in [-0.1, -0.05) is 12.6 Å². The summed E-state index contributed by atoms with van der Waals surface area (Å²) in [5, 5.41) is -0.204. The SMILES string of the molecule is CC(=O)C(C)[S]. The van der Waals surface area contributed by atoms with Crippen LogP contribution in [0.15, 0.2) is 0 Å². The molecule has 0 saturated heterocycles. The van der Waals surface area contributed by atoms with Crippen LogP contribution in [-0.4, -0.2) is 11.0 Å². The lowest BCUT2D eigenvalue weighted by Gasteiger charge is -1.88. The van der Waals surface area contributed by atoms with Gasteiger partial charge in [-0.25, -0.2) is 0 Å². The number of hydrogen-bond acceptors (Lipinski definition) is 1. The van der Waals surface area contributed by atoms with Gasteiger partial charge in [0.2, 0.25) is 0 Å². The summed E-state index contributed by atoms with van der Waals surface area (Å²) >= 11 is 4.55. The van der Waals surface area contributed by atoms with Crippen molar-refractivity contribution in [2.24, 2.45) is 0 Å². The van der Waals surface area contributed by atoms with Crippen LogP contribution in [-0.2, 0) is 4.79 Å². The van der Waals surface area contributed by atoms with Crippen LogP contribution in [0.1, 0.15) is 13.8 Å². The Morgan fingerprint density at radius 3 is 2.00 bits per heavy atom. The minimum Gasteiger partial charge on any atom is -0.299 e. The number of carbonyl (C=O) groups is 1. The molecule has 0 N–H and O–H groups in total. The highest BCUT2D eigenvalue weighted by Crippen LogP contribution is 1.90.